The number of hydrogen-bond donors (Lipinski definition) is 2. The van der Waals surface area contributed by atoms with E-state index in [1.54, 1.807) is 0 Å². The van der Waals surface area contributed by atoms with E-state index in [1.807, 2.05) is 0 Å². The van der Waals surface area contributed by atoms with E-state index in [1.165, 1.54) is 18.2 Å². The van der Waals surface area contributed by atoms with Crippen molar-refractivity contribution in [3.05, 3.63) is 40.9 Å². The van der Waals surface area contributed by atoms with Gasteiger partial charge in [-0.1, -0.05) is 11.6 Å². The first-order chi connectivity index (χ1) is 7.58. The molecule has 0 aliphatic rings. The number of carboxylic acid groups (broad SMARTS) is 1. The molecule has 0 radical (unpaired) electrons. The lowest BCUT2D eigenvalue weighted by molar-refractivity contribution is 0.0691. The van der Waals surface area contributed by atoms with E-state index < -0.39 is 11.8 Å². The first-order valence-electron chi connectivity index (χ1n) is 4.31. The van der Waals surface area contributed by atoms with Crippen molar-refractivity contribution in [3.63, 3.8) is 0 Å². The van der Waals surface area contributed by atoms with E-state index in [9.17, 15) is 9.18 Å². The molecule has 1 aromatic carbocycles. The van der Waals surface area contributed by atoms with Gasteiger partial charge in [0.1, 0.15) is 17.3 Å². The van der Waals surface area contributed by atoms with E-state index in [0.29, 0.717) is 10.6 Å². The Morgan fingerprint density at radius 1 is 1.50 bits per heavy atom. The lowest BCUT2D eigenvalue weighted by Gasteiger charge is -2.00. The molecular formula is C10H6ClFN2O2. The predicted octanol–water partition coefficient (Wildman–Crippen LogP) is 2.57. The van der Waals surface area contributed by atoms with Gasteiger partial charge in [0.2, 0.25) is 0 Å². The number of rotatable bonds is 2. The van der Waals surface area contributed by atoms with Crippen molar-refractivity contribution in [2.75, 3.05) is 0 Å². The molecule has 0 amide bonds. The molecule has 0 unspecified atom stereocenters. The molecule has 2 aromatic rings. The second kappa shape index (κ2) is 3.94. The lowest BCUT2D eigenvalue weighted by atomic mass is 10.2. The van der Waals surface area contributed by atoms with Gasteiger partial charge in [-0.15, -0.1) is 0 Å². The molecule has 4 nitrogen and oxygen atoms in total. The van der Waals surface area contributed by atoms with Gasteiger partial charge in [0, 0.05) is 5.56 Å². The summed E-state index contributed by atoms with van der Waals surface area (Å²) in [4.78, 5) is 17.0. The first kappa shape index (κ1) is 10.6. The fraction of sp³-hybridized carbons (Fsp3) is 0. The number of carboxylic acids is 1. The molecule has 0 aliphatic heterocycles. The number of H-pyrrole nitrogens is 1. The summed E-state index contributed by atoms with van der Waals surface area (Å²) in [5.41, 5.74) is 0.254. The Bertz CT molecular complexity index is 554. The molecule has 0 spiro atoms. The number of imidazole rings is 1. The summed E-state index contributed by atoms with van der Waals surface area (Å²) >= 11 is 5.85. The maximum atomic E-state index is 13.0. The highest BCUT2D eigenvalue weighted by molar-refractivity contribution is 6.33. The number of benzene rings is 1. The van der Waals surface area contributed by atoms with Gasteiger partial charge in [-0.2, -0.15) is 0 Å². The van der Waals surface area contributed by atoms with Gasteiger partial charge in [-0.3, -0.25) is 0 Å². The highest BCUT2D eigenvalue weighted by Gasteiger charge is 2.11. The summed E-state index contributed by atoms with van der Waals surface area (Å²) in [6, 6.07) is 3.79. The average molecular weight is 241 g/mol. The monoisotopic (exact) mass is 240 g/mol. The summed E-state index contributed by atoms with van der Waals surface area (Å²) in [6.45, 7) is 0. The summed E-state index contributed by atoms with van der Waals surface area (Å²) in [7, 11) is 0. The van der Waals surface area contributed by atoms with Crippen LogP contribution in [0.3, 0.4) is 0 Å². The molecular weight excluding hydrogens is 235 g/mol. The Hall–Kier alpha value is -1.88. The summed E-state index contributed by atoms with van der Waals surface area (Å²) < 4.78 is 13.0. The smallest absolute Gasteiger partial charge is 0.353 e. The SMILES string of the molecule is O=C(O)c1cnc(-c2cc(F)ccc2Cl)[nH]1. The highest BCUT2D eigenvalue weighted by Crippen LogP contribution is 2.26. The molecule has 82 valence electrons. The van der Waals surface area contributed by atoms with Crippen molar-refractivity contribution >= 4 is 17.6 Å². The molecule has 0 bridgehead atoms. The Morgan fingerprint density at radius 2 is 2.25 bits per heavy atom. The normalized spacial score (nSPS) is 10.4. The van der Waals surface area contributed by atoms with Gasteiger partial charge in [-0.25, -0.2) is 14.2 Å². The third kappa shape index (κ3) is 1.90. The molecule has 1 aromatic heterocycles. The predicted molar refractivity (Wildman–Crippen MR) is 56.0 cm³/mol. The van der Waals surface area contributed by atoms with E-state index >= 15 is 0 Å². The molecule has 0 atom stereocenters. The van der Waals surface area contributed by atoms with Crippen molar-refractivity contribution in [1.29, 1.82) is 0 Å². The third-order valence-electron chi connectivity index (χ3n) is 1.99. The zero-order valence-electron chi connectivity index (χ0n) is 7.87. The van der Waals surface area contributed by atoms with Crippen LogP contribution in [0, 0.1) is 5.82 Å². The van der Waals surface area contributed by atoms with E-state index in [2.05, 4.69) is 9.97 Å². The number of aromatic nitrogens is 2. The number of nitrogens with one attached hydrogen (secondary N) is 1. The van der Waals surface area contributed by atoms with Gasteiger partial charge in [0.05, 0.1) is 11.2 Å². The number of aromatic amines is 1. The Kier molecular flexibility index (Phi) is 2.62. The zero-order chi connectivity index (χ0) is 11.7. The highest BCUT2D eigenvalue weighted by atomic mass is 35.5. The number of hydrogen-bond acceptors (Lipinski definition) is 2. The minimum atomic E-state index is -1.13. The molecule has 1 heterocycles. The lowest BCUT2D eigenvalue weighted by Crippen LogP contribution is -1.95. The van der Waals surface area contributed by atoms with Crippen LogP contribution in [0.25, 0.3) is 11.4 Å². The standard InChI is InChI=1S/C10H6ClFN2O2/c11-7-2-1-5(12)3-6(7)9-13-4-8(14-9)10(15)16/h1-4H,(H,13,14)(H,15,16). The van der Waals surface area contributed by atoms with Gasteiger partial charge >= 0.3 is 5.97 Å². The zero-order valence-corrected chi connectivity index (χ0v) is 8.62. The van der Waals surface area contributed by atoms with Gasteiger partial charge in [0.25, 0.3) is 0 Å². The van der Waals surface area contributed by atoms with Crippen LogP contribution in [0.1, 0.15) is 10.5 Å². The van der Waals surface area contributed by atoms with Crippen LogP contribution < -0.4 is 0 Å². The molecule has 16 heavy (non-hydrogen) atoms. The van der Waals surface area contributed by atoms with Crippen molar-refractivity contribution in [2.24, 2.45) is 0 Å². The molecule has 0 saturated carbocycles. The van der Waals surface area contributed by atoms with Crippen LogP contribution in [-0.2, 0) is 0 Å². The van der Waals surface area contributed by atoms with E-state index in [0.717, 1.165) is 6.20 Å². The van der Waals surface area contributed by atoms with Crippen LogP contribution in [0.5, 0.6) is 0 Å². The largest absolute Gasteiger partial charge is 0.477 e. The Labute approximate surface area is 94.7 Å². The van der Waals surface area contributed by atoms with E-state index in [-0.39, 0.29) is 11.5 Å². The average Bonchev–Trinajstić information content (AvgIpc) is 2.70. The molecule has 0 aliphatic carbocycles. The topological polar surface area (TPSA) is 66.0 Å². The van der Waals surface area contributed by atoms with Crippen LogP contribution in [0.2, 0.25) is 5.02 Å². The number of halogens is 2. The van der Waals surface area contributed by atoms with Crippen LogP contribution in [-0.4, -0.2) is 21.0 Å². The number of nitrogens with zero attached hydrogens (tertiary/aromatic N) is 1. The van der Waals surface area contributed by atoms with Crippen LogP contribution >= 0.6 is 11.6 Å². The summed E-state index contributed by atoms with van der Waals surface area (Å²) in [6.07, 6.45) is 1.15. The summed E-state index contributed by atoms with van der Waals surface area (Å²) in [5.74, 6) is -1.37. The fourth-order valence-electron chi connectivity index (χ4n) is 1.25. The molecule has 0 saturated heterocycles. The van der Waals surface area contributed by atoms with Crippen molar-refractivity contribution in [1.82, 2.24) is 9.97 Å². The molecule has 0 fully saturated rings. The minimum Gasteiger partial charge on any atom is -0.477 e. The molecule has 2 N–H and O–H groups in total. The summed E-state index contributed by atoms with van der Waals surface area (Å²) in [5, 5.41) is 8.99. The number of aromatic carboxylic acids is 1. The molecule has 6 heteroatoms. The second-order valence-corrected chi connectivity index (χ2v) is 3.48. The quantitative estimate of drug-likeness (QED) is 0.848. The van der Waals surface area contributed by atoms with Crippen molar-refractivity contribution < 1.29 is 14.3 Å². The Morgan fingerprint density at radius 3 is 2.88 bits per heavy atom. The maximum Gasteiger partial charge on any atom is 0.353 e. The fourth-order valence-corrected chi connectivity index (χ4v) is 1.45. The van der Waals surface area contributed by atoms with Gasteiger partial charge < -0.3 is 10.1 Å². The Balaban J connectivity index is 2.50. The minimum absolute atomic E-state index is 0.0738. The second-order valence-electron chi connectivity index (χ2n) is 3.07. The first-order valence-corrected chi connectivity index (χ1v) is 4.69. The van der Waals surface area contributed by atoms with Gasteiger partial charge in [0.15, 0.2) is 0 Å². The van der Waals surface area contributed by atoms with Crippen LogP contribution in [0.4, 0.5) is 4.39 Å². The van der Waals surface area contributed by atoms with Crippen molar-refractivity contribution in [2.45, 2.75) is 0 Å². The molecule has 2 rings (SSSR count). The van der Waals surface area contributed by atoms with Gasteiger partial charge in [-0.05, 0) is 18.2 Å². The van der Waals surface area contributed by atoms with Crippen LogP contribution in [0.15, 0.2) is 24.4 Å². The third-order valence-corrected chi connectivity index (χ3v) is 2.32. The van der Waals surface area contributed by atoms with Crippen molar-refractivity contribution in [3.8, 4) is 11.4 Å². The maximum absolute atomic E-state index is 13.0. The number of carbonyl (C=O) groups is 1. The van der Waals surface area contributed by atoms with E-state index in [4.69, 9.17) is 16.7 Å².